The Labute approximate surface area is 203 Å². The molecule has 0 radical (unpaired) electrons. The third-order valence-corrected chi connectivity index (χ3v) is 9.26. The van der Waals surface area contributed by atoms with Gasteiger partial charge >= 0.3 is 0 Å². The van der Waals surface area contributed by atoms with E-state index in [-0.39, 0.29) is 0 Å². The van der Waals surface area contributed by atoms with Crippen LogP contribution in [0.1, 0.15) is 87.9 Å². The lowest BCUT2D eigenvalue weighted by Crippen LogP contribution is -2.49. The smallest absolute Gasteiger partial charge is 0.222 e. The van der Waals surface area contributed by atoms with Gasteiger partial charge in [-0.05, 0) is 49.5 Å². The number of unbranched alkanes of at least 4 members (excludes halogenated alkanes) is 1. The van der Waals surface area contributed by atoms with E-state index in [4.69, 9.17) is 9.97 Å². The average Bonchev–Trinajstić information content (AvgIpc) is 3.48. The number of hydrogen-bond donors (Lipinski definition) is 0. The lowest BCUT2D eigenvalue weighted by Gasteiger charge is -2.36. The van der Waals surface area contributed by atoms with Crippen LogP contribution in [0, 0.1) is 11.8 Å². The summed E-state index contributed by atoms with van der Waals surface area (Å²) < 4.78 is 0. The monoisotopic (exact) mass is 468 g/mol. The van der Waals surface area contributed by atoms with E-state index in [1.165, 1.54) is 59.2 Å². The number of nitrogens with zero attached hydrogens (tertiary/aromatic N) is 4. The maximum atomic E-state index is 12.8. The Hall–Kier alpha value is -1.69. The molecular formula is C27H40N4OS. The van der Waals surface area contributed by atoms with E-state index in [1.807, 2.05) is 11.3 Å². The summed E-state index contributed by atoms with van der Waals surface area (Å²) in [6, 6.07) is 0. The minimum absolute atomic E-state index is 0.361. The molecular weight excluding hydrogens is 428 g/mol. The van der Waals surface area contributed by atoms with E-state index in [9.17, 15) is 4.79 Å². The number of fused-ring (bicyclic) bond motifs is 3. The maximum absolute atomic E-state index is 12.8. The molecule has 6 heteroatoms. The van der Waals surface area contributed by atoms with Crippen molar-refractivity contribution in [3.05, 3.63) is 16.3 Å². The highest BCUT2D eigenvalue weighted by molar-refractivity contribution is 7.19. The molecule has 1 aliphatic heterocycles. The van der Waals surface area contributed by atoms with Gasteiger partial charge in [-0.3, -0.25) is 4.79 Å². The summed E-state index contributed by atoms with van der Waals surface area (Å²) in [7, 11) is 0. The molecule has 0 aromatic carbocycles. The van der Waals surface area contributed by atoms with Crippen LogP contribution in [0.2, 0.25) is 0 Å². The largest absolute Gasteiger partial charge is 0.352 e. The number of piperazine rings is 1. The van der Waals surface area contributed by atoms with E-state index in [1.54, 1.807) is 0 Å². The van der Waals surface area contributed by atoms with Gasteiger partial charge in [0.05, 0.1) is 5.39 Å². The van der Waals surface area contributed by atoms with Gasteiger partial charge in [0.2, 0.25) is 5.91 Å². The molecule has 2 aromatic rings. The number of rotatable bonds is 7. The van der Waals surface area contributed by atoms with Gasteiger partial charge in [0.1, 0.15) is 16.5 Å². The number of thiophene rings is 1. The quantitative estimate of drug-likeness (QED) is 0.517. The number of carbonyl (C=O) groups is 1. The van der Waals surface area contributed by atoms with Crippen molar-refractivity contribution in [1.82, 2.24) is 14.9 Å². The molecule has 33 heavy (non-hydrogen) atoms. The molecule has 2 aliphatic carbocycles. The third kappa shape index (κ3) is 5.06. The third-order valence-electron chi connectivity index (χ3n) is 8.11. The van der Waals surface area contributed by atoms with Crippen LogP contribution in [0.3, 0.4) is 0 Å². The first-order chi connectivity index (χ1) is 16.1. The first kappa shape index (κ1) is 23.1. The predicted octanol–water partition coefficient (Wildman–Crippen LogP) is 5.78. The second-order valence-corrected chi connectivity index (χ2v) is 11.7. The van der Waals surface area contributed by atoms with Crippen molar-refractivity contribution in [2.24, 2.45) is 11.8 Å². The Bertz CT molecular complexity index is 972. The van der Waals surface area contributed by atoms with Crippen molar-refractivity contribution in [2.75, 3.05) is 31.1 Å². The van der Waals surface area contributed by atoms with E-state index in [2.05, 4.69) is 23.6 Å². The first-order valence-corrected chi connectivity index (χ1v) is 14.3. The Morgan fingerprint density at radius 2 is 1.88 bits per heavy atom. The topological polar surface area (TPSA) is 49.3 Å². The summed E-state index contributed by atoms with van der Waals surface area (Å²) in [5.74, 6) is 4.07. The molecule has 0 N–H and O–H groups in total. The molecule has 1 atom stereocenters. The molecule has 1 saturated heterocycles. The zero-order valence-corrected chi connectivity index (χ0v) is 21.4. The Morgan fingerprint density at radius 1 is 1.09 bits per heavy atom. The molecule has 5 rings (SSSR count). The molecule has 2 fully saturated rings. The number of aromatic nitrogens is 2. The molecule has 1 amide bonds. The highest BCUT2D eigenvalue weighted by Gasteiger charge is 2.29. The summed E-state index contributed by atoms with van der Waals surface area (Å²) in [5, 5.41) is 1.32. The number of amides is 1. The predicted molar refractivity (Wildman–Crippen MR) is 137 cm³/mol. The van der Waals surface area contributed by atoms with Crippen molar-refractivity contribution in [2.45, 2.75) is 90.9 Å². The second kappa shape index (κ2) is 10.3. The van der Waals surface area contributed by atoms with Crippen LogP contribution in [0.4, 0.5) is 5.82 Å². The molecule has 0 unspecified atom stereocenters. The van der Waals surface area contributed by atoms with Crippen LogP contribution in [0.25, 0.3) is 10.2 Å². The van der Waals surface area contributed by atoms with Crippen LogP contribution in [0.5, 0.6) is 0 Å². The second-order valence-electron chi connectivity index (χ2n) is 10.7. The van der Waals surface area contributed by atoms with Crippen LogP contribution in [-0.2, 0) is 24.1 Å². The molecule has 3 aliphatic rings. The van der Waals surface area contributed by atoms with Crippen LogP contribution in [0.15, 0.2) is 0 Å². The zero-order chi connectivity index (χ0) is 22.8. The van der Waals surface area contributed by atoms with E-state index >= 15 is 0 Å². The van der Waals surface area contributed by atoms with Crippen molar-refractivity contribution < 1.29 is 4.79 Å². The Morgan fingerprint density at radius 3 is 2.64 bits per heavy atom. The number of anilines is 1. The first-order valence-electron chi connectivity index (χ1n) is 13.5. The van der Waals surface area contributed by atoms with Gasteiger partial charge in [0, 0.05) is 43.9 Å². The average molecular weight is 469 g/mol. The Balaban J connectivity index is 1.32. The zero-order valence-electron chi connectivity index (χ0n) is 20.6. The molecule has 0 spiro atoms. The van der Waals surface area contributed by atoms with Crippen LogP contribution in [-0.4, -0.2) is 47.0 Å². The summed E-state index contributed by atoms with van der Waals surface area (Å²) in [4.78, 5) is 30.3. The van der Waals surface area contributed by atoms with Gasteiger partial charge in [0.25, 0.3) is 0 Å². The lowest BCUT2D eigenvalue weighted by atomic mass is 9.89. The fraction of sp³-hybridized carbons (Fsp3) is 0.741. The van der Waals surface area contributed by atoms with Gasteiger partial charge in [-0.15, -0.1) is 11.3 Å². The fourth-order valence-electron chi connectivity index (χ4n) is 5.99. The van der Waals surface area contributed by atoms with Crippen LogP contribution >= 0.6 is 11.3 Å². The minimum Gasteiger partial charge on any atom is -0.352 e. The minimum atomic E-state index is 0.361. The molecule has 0 bridgehead atoms. The van der Waals surface area contributed by atoms with E-state index in [0.29, 0.717) is 5.91 Å². The number of hydrogen-bond acceptors (Lipinski definition) is 5. The number of carbonyl (C=O) groups excluding carboxylic acids is 1. The van der Waals surface area contributed by atoms with Gasteiger partial charge in [-0.25, -0.2) is 9.97 Å². The van der Waals surface area contributed by atoms with E-state index in [0.717, 1.165) is 88.2 Å². The molecule has 5 nitrogen and oxygen atoms in total. The van der Waals surface area contributed by atoms with Gasteiger partial charge in [0.15, 0.2) is 0 Å². The molecule has 3 heterocycles. The summed E-state index contributed by atoms with van der Waals surface area (Å²) >= 11 is 1.91. The molecule has 1 saturated carbocycles. The van der Waals surface area contributed by atoms with Crippen molar-refractivity contribution in [3.8, 4) is 0 Å². The standard InChI is InChI=1S/C27H40N4OS/c1-3-4-9-23-28-26(25-21-12-10-19(2)18-22(21)33-27(25)29-23)31-16-14-30(15-17-31)24(32)13-11-20-7-5-6-8-20/h19-20H,3-18H2,1-2H3/t19-/m0/s1. The highest BCUT2D eigenvalue weighted by atomic mass is 32.1. The van der Waals surface area contributed by atoms with Crippen molar-refractivity contribution >= 4 is 33.3 Å². The van der Waals surface area contributed by atoms with Crippen molar-refractivity contribution in [3.63, 3.8) is 0 Å². The van der Waals surface area contributed by atoms with Gasteiger partial charge in [-0.1, -0.05) is 46.0 Å². The number of aryl methyl sites for hydroxylation is 2. The van der Waals surface area contributed by atoms with E-state index < -0.39 is 0 Å². The fourth-order valence-corrected chi connectivity index (χ4v) is 7.39. The van der Waals surface area contributed by atoms with Gasteiger partial charge in [-0.2, -0.15) is 0 Å². The maximum Gasteiger partial charge on any atom is 0.222 e. The summed E-state index contributed by atoms with van der Waals surface area (Å²) in [6.45, 7) is 8.01. The molecule has 2 aromatic heterocycles. The SMILES string of the molecule is CCCCc1nc(N2CCN(C(=O)CCC3CCCC3)CC2)c2c3c(sc2n1)C[C@@H](C)CC3. The normalized spacial score (nSPS) is 21.7. The molecule has 180 valence electrons. The summed E-state index contributed by atoms with van der Waals surface area (Å²) in [5.41, 5.74) is 1.51. The van der Waals surface area contributed by atoms with Gasteiger partial charge < -0.3 is 9.80 Å². The Kier molecular flexibility index (Phi) is 7.19. The van der Waals surface area contributed by atoms with Crippen LogP contribution < -0.4 is 4.90 Å². The lowest BCUT2D eigenvalue weighted by molar-refractivity contribution is -0.131. The highest BCUT2D eigenvalue weighted by Crippen LogP contribution is 2.41. The van der Waals surface area contributed by atoms with Crippen molar-refractivity contribution in [1.29, 1.82) is 0 Å². The summed E-state index contributed by atoms with van der Waals surface area (Å²) in [6.07, 6.45) is 14.1.